The van der Waals surface area contributed by atoms with Crippen molar-refractivity contribution in [1.82, 2.24) is 10.1 Å². The summed E-state index contributed by atoms with van der Waals surface area (Å²) in [5.74, 6) is 0.809. The van der Waals surface area contributed by atoms with Gasteiger partial charge in [-0.05, 0) is 12.1 Å². The Morgan fingerprint density at radius 2 is 1.94 bits per heavy atom. The van der Waals surface area contributed by atoms with Crippen LogP contribution < -0.4 is 0 Å². The third-order valence-electron chi connectivity index (χ3n) is 2.11. The van der Waals surface area contributed by atoms with Crippen LogP contribution in [-0.2, 0) is 14.5 Å². The van der Waals surface area contributed by atoms with Crippen LogP contribution in [0.15, 0.2) is 26.2 Å². The number of hydrogen-bond donors (Lipinski definition) is 0. The predicted octanol–water partition coefficient (Wildman–Crippen LogP) is 2.55. The van der Waals surface area contributed by atoms with Crippen molar-refractivity contribution in [2.75, 3.05) is 0 Å². The molecule has 0 aliphatic carbocycles. The van der Waals surface area contributed by atoms with E-state index in [1.807, 2.05) is 20.8 Å². The molecule has 2 aromatic rings. The lowest BCUT2D eigenvalue weighted by Gasteiger charge is -2.10. The van der Waals surface area contributed by atoms with Crippen LogP contribution in [0.3, 0.4) is 0 Å². The molecule has 8 heteroatoms. The van der Waals surface area contributed by atoms with Crippen LogP contribution in [0.2, 0.25) is 0 Å². The predicted molar refractivity (Wildman–Crippen MR) is 63.7 cm³/mol. The van der Waals surface area contributed by atoms with E-state index in [0.717, 1.165) is 0 Å². The van der Waals surface area contributed by atoms with Crippen LogP contribution in [0.5, 0.6) is 0 Å². The van der Waals surface area contributed by atoms with E-state index in [-0.39, 0.29) is 22.1 Å². The Morgan fingerprint density at radius 1 is 1.28 bits per heavy atom. The van der Waals surface area contributed by atoms with Crippen LogP contribution >= 0.6 is 10.7 Å². The molecule has 0 unspecified atom stereocenters. The summed E-state index contributed by atoms with van der Waals surface area (Å²) in [7, 11) is 1.26. The van der Waals surface area contributed by atoms with Crippen LogP contribution in [-0.4, -0.2) is 18.6 Å². The first-order valence-electron chi connectivity index (χ1n) is 5.07. The van der Waals surface area contributed by atoms with E-state index in [4.69, 9.17) is 19.6 Å². The first-order chi connectivity index (χ1) is 8.18. The molecule has 2 aromatic heterocycles. The summed E-state index contributed by atoms with van der Waals surface area (Å²) in [5, 5.41) is 3.38. The van der Waals surface area contributed by atoms with Crippen molar-refractivity contribution in [2.24, 2.45) is 0 Å². The van der Waals surface area contributed by atoms with Gasteiger partial charge < -0.3 is 8.94 Å². The highest BCUT2D eigenvalue weighted by atomic mass is 35.7. The first-order valence-corrected chi connectivity index (χ1v) is 7.38. The van der Waals surface area contributed by atoms with Gasteiger partial charge in [-0.3, -0.25) is 0 Å². The minimum absolute atomic E-state index is 0.187. The molecule has 0 amide bonds. The number of hydrogen-bond acceptors (Lipinski definition) is 6. The molecule has 0 aliphatic rings. The number of aromatic nitrogens is 2. The highest BCUT2D eigenvalue weighted by Crippen LogP contribution is 2.27. The van der Waals surface area contributed by atoms with Crippen molar-refractivity contribution >= 4 is 19.7 Å². The lowest BCUT2D eigenvalue weighted by atomic mass is 9.97. The van der Waals surface area contributed by atoms with E-state index >= 15 is 0 Å². The van der Waals surface area contributed by atoms with Gasteiger partial charge in [0.1, 0.15) is 0 Å². The fourth-order valence-corrected chi connectivity index (χ4v) is 1.87. The molecule has 0 N–H and O–H groups in total. The SMILES string of the molecule is CC(C)(C)c1nc(-c2ccc(S(=O)(=O)Cl)o2)no1. The van der Waals surface area contributed by atoms with Gasteiger partial charge in [0.2, 0.25) is 16.8 Å². The lowest BCUT2D eigenvalue weighted by molar-refractivity contribution is 0.320. The van der Waals surface area contributed by atoms with Crippen molar-refractivity contribution in [1.29, 1.82) is 0 Å². The van der Waals surface area contributed by atoms with Crippen molar-refractivity contribution < 1.29 is 17.4 Å². The first kappa shape index (κ1) is 13.1. The van der Waals surface area contributed by atoms with Gasteiger partial charge in [-0.25, -0.2) is 8.42 Å². The number of halogens is 1. The van der Waals surface area contributed by atoms with Crippen molar-refractivity contribution in [3.8, 4) is 11.6 Å². The molecule has 0 aromatic carbocycles. The molecule has 6 nitrogen and oxygen atoms in total. The fourth-order valence-electron chi connectivity index (χ4n) is 1.20. The number of nitrogens with zero attached hydrogens (tertiary/aromatic N) is 2. The summed E-state index contributed by atoms with van der Waals surface area (Å²) in [5.41, 5.74) is -0.292. The van der Waals surface area contributed by atoms with Gasteiger partial charge in [-0.15, -0.1) is 0 Å². The smallest absolute Gasteiger partial charge is 0.294 e. The Bertz CT molecular complexity index is 666. The van der Waals surface area contributed by atoms with E-state index in [0.29, 0.717) is 5.89 Å². The molecule has 0 atom stereocenters. The molecule has 0 radical (unpaired) electrons. The van der Waals surface area contributed by atoms with Gasteiger partial charge in [-0.2, -0.15) is 4.98 Å². The van der Waals surface area contributed by atoms with Crippen LogP contribution in [0.25, 0.3) is 11.6 Å². The van der Waals surface area contributed by atoms with Gasteiger partial charge in [-0.1, -0.05) is 25.9 Å². The van der Waals surface area contributed by atoms with E-state index in [1.54, 1.807) is 0 Å². The summed E-state index contributed by atoms with van der Waals surface area (Å²) in [4.78, 5) is 4.14. The lowest BCUT2D eigenvalue weighted by Crippen LogP contribution is -2.11. The van der Waals surface area contributed by atoms with E-state index in [2.05, 4.69) is 10.1 Å². The van der Waals surface area contributed by atoms with E-state index < -0.39 is 9.05 Å². The molecule has 98 valence electrons. The Labute approximate surface area is 108 Å². The molecule has 0 spiro atoms. The van der Waals surface area contributed by atoms with Crippen LogP contribution in [0.1, 0.15) is 26.7 Å². The molecule has 2 heterocycles. The van der Waals surface area contributed by atoms with Gasteiger partial charge in [0, 0.05) is 16.1 Å². The summed E-state index contributed by atoms with van der Waals surface area (Å²) < 4.78 is 32.2. The Hall–Kier alpha value is -1.34. The average molecular weight is 291 g/mol. The molecule has 0 aliphatic heterocycles. The fraction of sp³-hybridized carbons (Fsp3) is 0.400. The third-order valence-corrected chi connectivity index (χ3v) is 3.27. The minimum Gasteiger partial charge on any atom is -0.440 e. The zero-order valence-electron chi connectivity index (χ0n) is 9.97. The summed E-state index contributed by atoms with van der Waals surface area (Å²) in [6.45, 7) is 5.75. The van der Waals surface area contributed by atoms with Gasteiger partial charge in [0.05, 0.1) is 0 Å². The van der Waals surface area contributed by atoms with Crippen LogP contribution in [0, 0.1) is 0 Å². The zero-order valence-corrected chi connectivity index (χ0v) is 11.5. The van der Waals surface area contributed by atoms with Crippen LogP contribution in [0.4, 0.5) is 0 Å². The quantitative estimate of drug-likeness (QED) is 0.790. The third kappa shape index (κ3) is 2.56. The molecule has 0 saturated heterocycles. The highest BCUT2D eigenvalue weighted by molar-refractivity contribution is 8.13. The van der Waals surface area contributed by atoms with Gasteiger partial charge in [0.25, 0.3) is 9.05 Å². The highest BCUT2D eigenvalue weighted by Gasteiger charge is 2.24. The molecule has 18 heavy (non-hydrogen) atoms. The maximum atomic E-state index is 11.0. The summed E-state index contributed by atoms with van der Waals surface area (Å²) in [6, 6.07) is 2.66. The van der Waals surface area contributed by atoms with E-state index in [1.165, 1.54) is 12.1 Å². The minimum atomic E-state index is -3.89. The molecule has 0 saturated carbocycles. The second-order valence-electron chi connectivity index (χ2n) is 4.73. The second kappa shape index (κ2) is 4.10. The maximum absolute atomic E-state index is 11.0. The zero-order chi connectivity index (χ0) is 13.6. The molecule has 2 rings (SSSR count). The van der Waals surface area contributed by atoms with Gasteiger partial charge >= 0.3 is 0 Å². The maximum Gasteiger partial charge on any atom is 0.294 e. The monoisotopic (exact) mass is 290 g/mol. The molecular formula is C10H11ClN2O4S. The summed E-state index contributed by atoms with van der Waals surface area (Å²) >= 11 is 0. The molecule has 0 fully saturated rings. The normalized spacial score (nSPS) is 12.9. The van der Waals surface area contributed by atoms with Crippen molar-refractivity contribution in [3.05, 3.63) is 18.0 Å². The van der Waals surface area contributed by atoms with Crippen molar-refractivity contribution in [3.63, 3.8) is 0 Å². The molecule has 0 bridgehead atoms. The van der Waals surface area contributed by atoms with E-state index in [9.17, 15) is 8.42 Å². The molecular weight excluding hydrogens is 280 g/mol. The number of furan rings is 1. The van der Waals surface area contributed by atoms with Gasteiger partial charge in [0.15, 0.2) is 5.76 Å². The Kier molecular flexibility index (Phi) is 2.98. The Balaban J connectivity index is 2.39. The Morgan fingerprint density at radius 3 is 2.39 bits per heavy atom. The largest absolute Gasteiger partial charge is 0.440 e. The standard InChI is InChI=1S/C10H11ClN2O4S/c1-10(2,3)9-12-8(13-17-9)6-4-5-7(16-6)18(11,14)15/h4-5H,1-3H3. The second-order valence-corrected chi connectivity index (χ2v) is 7.23. The summed E-state index contributed by atoms with van der Waals surface area (Å²) in [6.07, 6.45) is 0. The number of rotatable bonds is 2. The average Bonchev–Trinajstić information content (AvgIpc) is 2.84. The topological polar surface area (TPSA) is 86.2 Å². The van der Waals surface area contributed by atoms with Crippen molar-refractivity contribution in [2.45, 2.75) is 31.3 Å².